The Hall–Kier alpha value is -1.49. The first-order valence-corrected chi connectivity index (χ1v) is 7.98. The lowest BCUT2D eigenvalue weighted by molar-refractivity contribution is 0.0600. The van der Waals surface area contributed by atoms with Crippen molar-refractivity contribution in [1.29, 1.82) is 0 Å². The molecule has 106 valence electrons. The van der Waals surface area contributed by atoms with Crippen molar-refractivity contribution in [1.82, 2.24) is 9.38 Å². The van der Waals surface area contributed by atoms with E-state index in [1.807, 2.05) is 10.6 Å². The summed E-state index contributed by atoms with van der Waals surface area (Å²) < 4.78 is 6.70. The van der Waals surface area contributed by atoms with Crippen LogP contribution in [0.4, 0.5) is 0 Å². The second-order valence-electron chi connectivity index (χ2n) is 5.10. The number of hydrogen-bond donors (Lipinski definition) is 0. The van der Waals surface area contributed by atoms with E-state index in [2.05, 4.69) is 22.9 Å². The van der Waals surface area contributed by atoms with E-state index < -0.39 is 0 Å². The molecule has 0 aliphatic carbocycles. The Labute approximate surface area is 122 Å². The number of nitrogens with zero attached hydrogens (tertiary/aromatic N) is 2. The first-order chi connectivity index (χ1) is 9.76. The van der Waals surface area contributed by atoms with Crippen LogP contribution in [-0.4, -0.2) is 33.5 Å². The molecule has 2 aromatic rings. The van der Waals surface area contributed by atoms with Gasteiger partial charge < -0.3 is 9.14 Å². The molecule has 20 heavy (non-hydrogen) atoms. The van der Waals surface area contributed by atoms with Crippen LogP contribution in [0.25, 0.3) is 5.65 Å². The lowest BCUT2D eigenvalue weighted by atomic mass is 10.1. The number of pyridine rings is 1. The van der Waals surface area contributed by atoms with E-state index in [0.717, 1.165) is 17.8 Å². The van der Waals surface area contributed by atoms with Gasteiger partial charge in [0, 0.05) is 24.1 Å². The summed E-state index contributed by atoms with van der Waals surface area (Å²) in [5.74, 6) is 0.949. The first-order valence-electron chi connectivity index (χ1n) is 6.94. The van der Waals surface area contributed by atoms with Crippen molar-refractivity contribution >= 4 is 23.4 Å². The molecule has 5 heteroatoms. The Kier molecular flexibility index (Phi) is 3.96. The maximum atomic E-state index is 11.5. The number of aromatic nitrogens is 2. The average molecular weight is 290 g/mol. The summed E-state index contributed by atoms with van der Waals surface area (Å²) in [4.78, 5) is 16.1. The highest BCUT2D eigenvalue weighted by Gasteiger charge is 2.16. The van der Waals surface area contributed by atoms with Gasteiger partial charge in [0.15, 0.2) is 0 Å². The van der Waals surface area contributed by atoms with Crippen LogP contribution in [0.15, 0.2) is 24.5 Å². The molecule has 0 aromatic carbocycles. The highest BCUT2D eigenvalue weighted by Crippen LogP contribution is 2.27. The Bertz CT molecular complexity index is 617. The van der Waals surface area contributed by atoms with Gasteiger partial charge in [0.05, 0.1) is 18.4 Å². The lowest BCUT2D eigenvalue weighted by Crippen LogP contribution is -2.12. The first kappa shape index (κ1) is 13.5. The van der Waals surface area contributed by atoms with Gasteiger partial charge in [-0.3, -0.25) is 0 Å². The van der Waals surface area contributed by atoms with Gasteiger partial charge in [0.25, 0.3) is 0 Å². The largest absolute Gasteiger partial charge is 0.465 e. The van der Waals surface area contributed by atoms with E-state index >= 15 is 0 Å². The quantitative estimate of drug-likeness (QED) is 0.815. The van der Waals surface area contributed by atoms with Gasteiger partial charge in [-0.25, -0.2) is 9.78 Å². The molecule has 1 aliphatic rings. The van der Waals surface area contributed by atoms with E-state index in [0.29, 0.717) is 10.8 Å². The molecule has 4 nitrogen and oxygen atoms in total. The van der Waals surface area contributed by atoms with E-state index in [-0.39, 0.29) is 5.97 Å². The summed E-state index contributed by atoms with van der Waals surface area (Å²) in [6.07, 6.45) is 8.90. The fraction of sp³-hybridized carbons (Fsp3) is 0.467. The van der Waals surface area contributed by atoms with Crippen LogP contribution in [0.3, 0.4) is 0 Å². The van der Waals surface area contributed by atoms with Crippen LogP contribution in [0.1, 0.15) is 35.3 Å². The fourth-order valence-corrected chi connectivity index (χ4v) is 3.91. The van der Waals surface area contributed by atoms with Crippen LogP contribution in [-0.2, 0) is 11.2 Å². The topological polar surface area (TPSA) is 43.6 Å². The van der Waals surface area contributed by atoms with E-state index in [9.17, 15) is 4.79 Å². The Morgan fingerprint density at radius 1 is 1.55 bits per heavy atom. The van der Waals surface area contributed by atoms with Crippen LogP contribution >= 0.6 is 11.8 Å². The minimum Gasteiger partial charge on any atom is -0.465 e. The molecular formula is C15H18N2O2S. The van der Waals surface area contributed by atoms with Gasteiger partial charge in [-0.1, -0.05) is 6.42 Å². The number of carbonyl (C=O) groups is 1. The number of hydrogen-bond acceptors (Lipinski definition) is 4. The van der Waals surface area contributed by atoms with Gasteiger partial charge in [0.2, 0.25) is 0 Å². The maximum absolute atomic E-state index is 11.5. The zero-order valence-electron chi connectivity index (χ0n) is 11.5. The molecule has 3 rings (SSSR count). The number of imidazole rings is 1. The summed E-state index contributed by atoms with van der Waals surface area (Å²) in [6.45, 7) is 0. The number of carbonyl (C=O) groups excluding carboxylic acids is 1. The Balaban J connectivity index is 1.81. The van der Waals surface area contributed by atoms with Crippen LogP contribution in [0.2, 0.25) is 0 Å². The molecule has 0 radical (unpaired) electrons. The summed E-state index contributed by atoms with van der Waals surface area (Å²) in [6, 6.07) is 3.54. The second kappa shape index (κ2) is 5.87. The molecule has 1 fully saturated rings. The number of ether oxygens (including phenoxy) is 1. The van der Waals surface area contributed by atoms with E-state index in [4.69, 9.17) is 4.74 Å². The zero-order valence-corrected chi connectivity index (χ0v) is 12.4. The molecule has 1 aliphatic heterocycles. The van der Waals surface area contributed by atoms with Crippen molar-refractivity contribution in [2.24, 2.45) is 0 Å². The lowest BCUT2D eigenvalue weighted by Gasteiger charge is -2.19. The van der Waals surface area contributed by atoms with Gasteiger partial charge in [-0.05, 0) is 30.7 Å². The van der Waals surface area contributed by atoms with Gasteiger partial charge in [-0.2, -0.15) is 11.8 Å². The molecule has 0 saturated carbocycles. The molecule has 0 bridgehead atoms. The summed E-state index contributed by atoms with van der Waals surface area (Å²) in [7, 11) is 1.39. The molecule has 0 amide bonds. The molecule has 3 heterocycles. The zero-order chi connectivity index (χ0) is 13.9. The Morgan fingerprint density at radius 2 is 2.45 bits per heavy atom. The van der Waals surface area contributed by atoms with Crippen LogP contribution in [0.5, 0.6) is 0 Å². The third-order valence-corrected chi connectivity index (χ3v) is 5.04. The third-order valence-electron chi connectivity index (χ3n) is 3.64. The molecule has 1 unspecified atom stereocenters. The molecule has 2 aromatic heterocycles. The summed E-state index contributed by atoms with van der Waals surface area (Å²) in [5, 5.41) is 0.689. The average Bonchev–Trinajstić information content (AvgIpc) is 2.88. The second-order valence-corrected chi connectivity index (χ2v) is 6.51. The Morgan fingerprint density at radius 3 is 3.20 bits per heavy atom. The van der Waals surface area contributed by atoms with Crippen molar-refractivity contribution < 1.29 is 9.53 Å². The van der Waals surface area contributed by atoms with Crippen molar-refractivity contribution in [3.8, 4) is 0 Å². The predicted octanol–water partition coefficient (Wildman–Crippen LogP) is 2.95. The summed E-state index contributed by atoms with van der Waals surface area (Å²) in [5.41, 5.74) is 2.46. The van der Waals surface area contributed by atoms with Crippen molar-refractivity contribution in [3.05, 3.63) is 35.8 Å². The number of thioether (sulfide) groups is 1. The highest BCUT2D eigenvalue weighted by molar-refractivity contribution is 7.99. The molecule has 1 atom stereocenters. The number of fused-ring (bicyclic) bond motifs is 1. The monoisotopic (exact) mass is 290 g/mol. The number of rotatable bonds is 3. The smallest absolute Gasteiger partial charge is 0.338 e. The van der Waals surface area contributed by atoms with Crippen molar-refractivity contribution in [3.63, 3.8) is 0 Å². The normalized spacial score (nSPS) is 19.1. The molecular weight excluding hydrogens is 272 g/mol. The van der Waals surface area contributed by atoms with Crippen LogP contribution < -0.4 is 0 Å². The standard InChI is InChI=1S/C15H18N2O2S/c1-19-15(18)11-5-6-17-10-12(16-14(17)8-11)9-13-4-2-3-7-20-13/h5-6,8,10,13H,2-4,7,9H2,1H3. The summed E-state index contributed by atoms with van der Waals surface area (Å²) >= 11 is 2.06. The SMILES string of the molecule is COC(=O)c1ccn2cc(CC3CCCCS3)nc2c1. The third kappa shape index (κ3) is 2.82. The predicted molar refractivity (Wildman–Crippen MR) is 80.3 cm³/mol. The van der Waals surface area contributed by atoms with Crippen molar-refractivity contribution in [2.75, 3.05) is 12.9 Å². The number of esters is 1. The van der Waals surface area contributed by atoms with E-state index in [1.54, 1.807) is 12.1 Å². The van der Waals surface area contributed by atoms with Crippen LogP contribution in [0, 0.1) is 0 Å². The fourth-order valence-electron chi connectivity index (χ4n) is 2.58. The van der Waals surface area contributed by atoms with Gasteiger partial charge in [-0.15, -0.1) is 0 Å². The number of methoxy groups -OCH3 is 1. The van der Waals surface area contributed by atoms with Gasteiger partial charge in [0.1, 0.15) is 5.65 Å². The molecule has 1 saturated heterocycles. The highest BCUT2D eigenvalue weighted by atomic mass is 32.2. The van der Waals surface area contributed by atoms with Crippen molar-refractivity contribution in [2.45, 2.75) is 30.9 Å². The maximum Gasteiger partial charge on any atom is 0.338 e. The minimum atomic E-state index is -0.320. The minimum absolute atomic E-state index is 0.320. The molecule has 0 N–H and O–H groups in total. The van der Waals surface area contributed by atoms with Gasteiger partial charge >= 0.3 is 5.97 Å². The molecule has 0 spiro atoms. The van der Waals surface area contributed by atoms with E-state index in [1.165, 1.54) is 32.1 Å².